The highest BCUT2D eigenvalue weighted by Crippen LogP contribution is 2.27. The zero-order valence-electron chi connectivity index (χ0n) is 19.7. The molecule has 1 aliphatic heterocycles. The van der Waals surface area contributed by atoms with Crippen LogP contribution in [0.15, 0.2) is 77.7 Å². The number of hydrogen-bond donors (Lipinski definition) is 1. The molecule has 1 atom stereocenters. The van der Waals surface area contributed by atoms with E-state index in [2.05, 4.69) is 4.72 Å². The van der Waals surface area contributed by atoms with Gasteiger partial charge in [0.1, 0.15) is 17.6 Å². The van der Waals surface area contributed by atoms with Gasteiger partial charge in [-0.05, 0) is 42.3 Å². The Hall–Kier alpha value is -3.14. The molecule has 1 heterocycles. The molecule has 10 heteroatoms. The molecular weight excluding hydrogens is 505 g/mol. The van der Waals surface area contributed by atoms with Crippen LogP contribution in [0.4, 0.5) is 10.1 Å². The lowest BCUT2D eigenvalue weighted by Crippen LogP contribution is -2.55. The van der Waals surface area contributed by atoms with Gasteiger partial charge in [0.25, 0.3) is 0 Å². The molecule has 36 heavy (non-hydrogen) atoms. The number of carbonyl (C=O) groups excluding carboxylic acids is 1. The lowest BCUT2D eigenvalue weighted by Gasteiger charge is -2.37. The van der Waals surface area contributed by atoms with Crippen molar-refractivity contribution in [2.45, 2.75) is 17.4 Å². The molecule has 0 spiro atoms. The van der Waals surface area contributed by atoms with Crippen molar-refractivity contribution < 1.29 is 22.3 Å². The highest BCUT2D eigenvalue weighted by atomic mass is 35.5. The highest BCUT2D eigenvalue weighted by molar-refractivity contribution is 7.89. The summed E-state index contributed by atoms with van der Waals surface area (Å²) in [4.78, 5) is 17.0. The summed E-state index contributed by atoms with van der Waals surface area (Å²) in [6, 6.07) is 18.8. The van der Waals surface area contributed by atoms with E-state index in [1.54, 1.807) is 23.1 Å². The van der Waals surface area contributed by atoms with Crippen LogP contribution in [-0.2, 0) is 21.2 Å². The minimum Gasteiger partial charge on any atom is -0.495 e. The van der Waals surface area contributed by atoms with E-state index in [-0.39, 0.29) is 28.1 Å². The molecular formula is C26H27ClFN3O4S. The quantitative estimate of drug-likeness (QED) is 0.479. The van der Waals surface area contributed by atoms with Gasteiger partial charge in [0.05, 0.1) is 22.7 Å². The van der Waals surface area contributed by atoms with Crippen LogP contribution in [0.25, 0.3) is 0 Å². The Balaban J connectivity index is 1.53. The maximum absolute atomic E-state index is 14.2. The van der Waals surface area contributed by atoms with E-state index in [1.165, 1.54) is 31.4 Å². The van der Waals surface area contributed by atoms with E-state index < -0.39 is 16.1 Å². The minimum absolute atomic E-state index is 0.0662. The smallest absolute Gasteiger partial charge is 0.241 e. The second-order valence-electron chi connectivity index (χ2n) is 8.42. The van der Waals surface area contributed by atoms with Crippen molar-refractivity contribution in [3.05, 3.63) is 89.2 Å². The molecule has 0 aromatic heterocycles. The molecule has 3 aromatic carbocycles. The summed E-state index contributed by atoms with van der Waals surface area (Å²) in [5, 5.41) is 0.149. The van der Waals surface area contributed by atoms with Crippen LogP contribution < -0.4 is 14.4 Å². The lowest BCUT2D eigenvalue weighted by molar-refractivity contribution is -0.133. The predicted octanol–water partition coefficient (Wildman–Crippen LogP) is 3.73. The predicted molar refractivity (Wildman–Crippen MR) is 137 cm³/mol. The number of ether oxygens (including phenoxy) is 1. The number of anilines is 1. The van der Waals surface area contributed by atoms with Crippen LogP contribution in [0.2, 0.25) is 5.02 Å². The van der Waals surface area contributed by atoms with Crippen LogP contribution in [0.1, 0.15) is 5.56 Å². The largest absolute Gasteiger partial charge is 0.495 e. The summed E-state index contributed by atoms with van der Waals surface area (Å²) in [7, 11) is -2.63. The molecule has 3 aromatic rings. The maximum Gasteiger partial charge on any atom is 0.241 e. The molecule has 190 valence electrons. The Morgan fingerprint density at radius 1 is 1.03 bits per heavy atom. The number of benzene rings is 3. The molecule has 1 amide bonds. The summed E-state index contributed by atoms with van der Waals surface area (Å²) in [6.07, 6.45) is 0.177. The van der Waals surface area contributed by atoms with Crippen molar-refractivity contribution in [2.75, 3.05) is 38.2 Å². The second-order valence-corrected chi connectivity index (χ2v) is 10.5. The zero-order valence-corrected chi connectivity index (χ0v) is 21.3. The Morgan fingerprint density at radius 3 is 2.33 bits per heavy atom. The van der Waals surface area contributed by atoms with Gasteiger partial charge in [0, 0.05) is 26.2 Å². The van der Waals surface area contributed by atoms with Gasteiger partial charge in [-0.25, -0.2) is 12.8 Å². The maximum atomic E-state index is 14.2. The number of para-hydroxylation sites is 1. The number of amides is 1. The van der Waals surface area contributed by atoms with Crippen LogP contribution >= 0.6 is 11.6 Å². The first-order valence-corrected chi connectivity index (χ1v) is 13.3. The van der Waals surface area contributed by atoms with Crippen LogP contribution in [0, 0.1) is 5.82 Å². The molecule has 1 aliphatic rings. The third-order valence-electron chi connectivity index (χ3n) is 6.10. The summed E-state index contributed by atoms with van der Waals surface area (Å²) in [5.41, 5.74) is 1.30. The third kappa shape index (κ3) is 5.98. The normalized spacial score (nSPS) is 15.0. The van der Waals surface area contributed by atoms with Gasteiger partial charge < -0.3 is 14.5 Å². The molecule has 1 fully saturated rings. The number of nitrogens with zero attached hydrogens (tertiary/aromatic N) is 2. The van der Waals surface area contributed by atoms with Crippen molar-refractivity contribution in [3.63, 3.8) is 0 Å². The number of halogens is 2. The minimum atomic E-state index is -4.07. The summed E-state index contributed by atoms with van der Waals surface area (Å²) >= 11 is 6.14. The molecule has 1 saturated heterocycles. The van der Waals surface area contributed by atoms with E-state index in [0.29, 0.717) is 37.6 Å². The number of sulfonamides is 1. The number of carbonyl (C=O) groups is 1. The Labute approximate surface area is 215 Å². The highest BCUT2D eigenvalue weighted by Gasteiger charge is 2.32. The number of hydrogen-bond acceptors (Lipinski definition) is 5. The third-order valence-corrected chi connectivity index (χ3v) is 7.86. The lowest BCUT2D eigenvalue weighted by atomic mass is 10.1. The molecule has 4 rings (SSSR count). The fourth-order valence-corrected chi connectivity index (χ4v) is 5.73. The van der Waals surface area contributed by atoms with E-state index in [1.807, 2.05) is 35.2 Å². The first kappa shape index (κ1) is 25.9. The Bertz CT molecular complexity index is 1320. The van der Waals surface area contributed by atoms with Gasteiger partial charge in [-0.15, -0.1) is 0 Å². The summed E-state index contributed by atoms with van der Waals surface area (Å²) < 4.78 is 48.3. The molecule has 0 aliphatic carbocycles. The van der Waals surface area contributed by atoms with Gasteiger partial charge in [-0.3, -0.25) is 4.79 Å². The summed E-state index contributed by atoms with van der Waals surface area (Å²) in [6.45, 7) is 1.56. The molecule has 0 radical (unpaired) electrons. The average Bonchev–Trinajstić information content (AvgIpc) is 2.89. The average molecular weight is 532 g/mol. The molecule has 1 N–H and O–H groups in total. The van der Waals surface area contributed by atoms with Crippen LogP contribution in [0.5, 0.6) is 5.75 Å². The van der Waals surface area contributed by atoms with Gasteiger partial charge in [0.2, 0.25) is 15.9 Å². The van der Waals surface area contributed by atoms with Crippen molar-refractivity contribution >= 4 is 33.2 Å². The number of piperazine rings is 1. The monoisotopic (exact) mass is 531 g/mol. The van der Waals surface area contributed by atoms with E-state index in [4.69, 9.17) is 16.3 Å². The standard InChI is InChI=1S/C26H27ClFN3O4S/c1-35-25-12-11-20(18-21(25)27)36(33,34)29-23(17-19-7-3-2-4-8-19)26(32)31-15-13-30(14-16-31)24-10-6-5-9-22(24)28/h2-12,18,23,29H,13-17H2,1H3/t23-/m1/s1. The molecule has 0 saturated carbocycles. The fraction of sp³-hybridized carbons (Fsp3) is 0.269. The molecule has 7 nitrogen and oxygen atoms in total. The number of methoxy groups -OCH3 is 1. The SMILES string of the molecule is COc1ccc(S(=O)(=O)N[C@H](Cc2ccccc2)C(=O)N2CCN(c3ccccc3F)CC2)cc1Cl. The van der Waals surface area contributed by atoms with Crippen molar-refractivity contribution in [3.8, 4) is 5.75 Å². The Kier molecular flexibility index (Phi) is 8.13. The summed E-state index contributed by atoms with van der Waals surface area (Å²) in [5.74, 6) is -0.305. The fourth-order valence-electron chi connectivity index (χ4n) is 4.20. The van der Waals surface area contributed by atoms with Crippen molar-refractivity contribution in [2.24, 2.45) is 0 Å². The first-order valence-electron chi connectivity index (χ1n) is 11.5. The van der Waals surface area contributed by atoms with Gasteiger partial charge in [0.15, 0.2) is 0 Å². The number of nitrogens with one attached hydrogen (secondary N) is 1. The Morgan fingerprint density at radius 2 is 1.69 bits per heavy atom. The van der Waals surface area contributed by atoms with Crippen molar-refractivity contribution in [1.82, 2.24) is 9.62 Å². The van der Waals surface area contributed by atoms with E-state index in [0.717, 1.165) is 5.56 Å². The van der Waals surface area contributed by atoms with E-state index in [9.17, 15) is 17.6 Å². The second kappa shape index (κ2) is 11.3. The van der Waals surface area contributed by atoms with Crippen molar-refractivity contribution in [1.29, 1.82) is 0 Å². The van der Waals surface area contributed by atoms with Crippen LogP contribution in [-0.4, -0.2) is 58.6 Å². The zero-order chi connectivity index (χ0) is 25.7. The van der Waals surface area contributed by atoms with Gasteiger partial charge in [-0.2, -0.15) is 4.72 Å². The number of rotatable bonds is 8. The topological polar surface area (TPSA) is 78.9 Å². The van der Waals surface area contributed by atoms with E-state index >= 15 is 0 Å². The van der Waals surface area contributed by atoms with Gasteiger partial charge in [-0.1, -0.05) is 54.1 Å². The molecule has 0 bridgehead atoms. The first-order chi connectivity index (χ1) is 17.3. The van der Waals surface area contributed by atoms with Crippen LogP contribution in [0.3, 0.4) is 0 Å². The molecule has 0 unspecified atom stereocenters. The van der Waals surface area contributed by atoms with Gasteiger partial charge >= 0.3 is 0 Å².